The van der Waals surface area contributed by atoms with Gasteiger partial charge in [0.2, 0.25) is 0 Å². The number of benzene rings is 2. The highest BCUT2D eigenvalue weighted by Crippen LogP contribution is 2.27. The van der Waals surface area contributed by atoms with Crippen molar-refractivity contribution >= 4 is 0 Å². The fourth-order valence-electron chi connectivity index (χ4n) is 2.23. The highest BCUT2D eigenvalue weighted by atomic mass is 16.3. The molecule has 0 aliphatic heterocycles. The van der Waals surface area contributed by atoms with E-state index in [4.69, 9.17) is 0 Å². The van der Waals surface area contributed by atoms with Crippen LogP contribution >= 0.6 is 0 Å². The van der Waals surface area contributed by atoms with Crippen molar-refractivity contribution in [1.82, 2.24) is 0 Å². The maximum atomic E-state index is 10.0. The largest absolute Gasteiger partial charge is 0.507 e. The minimum atomic E-state index is 0.354. The van der Waals surface area contributed by atoms with Gasteiger partial charge in [-0.25, -0.2) is 0 Å². The Hall–Kier alpha value is -1.96. The smallest absolute Gasteiger partial charge is 0.122 e. The summed E-state index contributed by atoms with van der Waals surface area (Å²) >= 11 is 0. The summed E-state index contributed by atoms with van der Waals surface area (Å²) in [6.07, 6.45) is 0.676. The zero-order valence-corrected chi connectivity index (χ0v) is 11.0. The molecule has 0 atom stereocenters. The molecule has 2 rings (SSSR count). The lowest BCUT2D eigenvalue weighted by Crippen LogP contribution is -1.93. The van der Waals surface area contributed by atoms with E-state index in [1.54, 1.807) is 0 Å². The highest BCUT2D eigenvalue weighted by molar-refractivity contribution is 5.46. The van der Waals surface area contributed by atoms with Crippen molar-refractivity contribution in [3.8, 4) is 11.5 Å². The van der Waals surface area contributed by atoms with Crippen LogP contribution in [0.25, 0.3) is 0 Å². The summed E-state index contributed by atoms with van der Waals surface area (Å²) in [5.41, 5.74) is 4.65. The summed E-state index contributed by atoms with van der Waals surface area (Å²) < 4.78 is 0. The number of aryl methyl sites for hydroxylation is 3. The summed E-state index contributed by atoms with van der Waals surface area (Å²) in [6.45, 7) is 5.68. The number of hydrogen-bond acceptors (Lipinski definition) is 2. The molecule has 2 heteroatoms. The zero-order chi connectivity index (χ0) is 13.3. The molecule has 0 saturated heterocycles. The predicted molar refractivity (Wildman–Crippen MR) is 73.2 cm³/mol. The molecule has 0 fully saturated rings. The Labute approximate surface area is 108 Å². The lowest BCUT2D eigenvalue weighted by Gasteiger charge is -2.10. The highest BCUT2D eigenvalue weighted by Gasteiger charge is 2.07. The maximum absolute atomic E-state index is 10.0. The van der Waals surface area contributed by atoms with Crippen molar-refractivity contribution in [2.24, 2.45) is 0 Å². The van der Waals surface area contributed by atoms with Gasteiger partial charge in [-0.05, 0) is 48.6 Å². The van der Waals surface area contributed by atoms with E-state index in [1.807, 2.05) is 51.1 Å². The zero-order valence-electron chi connectivity index (χ0n) is 11.0. The van der Waals surface area contributed by atoms with Gasteiger partial charge in [0.05, 0.1) is 0 Å². The quantitative estimate of drug-likeness (QED) is 0.844. The van der Waals surface area contributed by atoms with Gasteiger partial charge in [-0.2, -0.15) is 0 Å². The van der Waals surface area contributed by atoms with Crippen LogP contribution in [0, 0.1) is 20.8 Å². The molecule has 94 valence electrons. The van der Waals surface area contributed by atoms with E-state index >= 15 is 0 Å². The third-order valence-electron chi connectivity index (χ3n) is 3.27. The van der Waals surface area contributed by atoms with E-state index in [1.165, 1.54) is 0 Å². The molecule has 0 saturated carbocycles. The van der Waals surface area contributed by atoms with Gasteiger partial charge in [0.1, 0.15) is 11.5 Å². The second kappa shape index (κ2) is 4.73. The second-order valence-electron chi connectivity index (χ2n) is 4.84. The first-order chi connectivity index (χ1) is 8.49. The fourth-order valence-corrected chi connectivity index (χ4v) is 2.23. The number of phenols is 2. The van der Waals surface area contributed by atoms with Gasteiger partial charge >= 0.3 is 0 Å². The lowest BCUT2D eigenvalue weighted by atomic mass is 9.98. The van der Waals surface area contributed by atoms with Crippen molar-refractivity contribution in [1.29, 1.82) is 0 Å². The van der Waals surface area contributed by atoms with Crippen LogP contribution in [0.2, 0.25) is 0 Å². The second-order valence-corrected chi connectivity index (χ2v) is 4.84. The SMILES string of the molecule is Cc1cc(Cc2cccc(C)c2O)cc(C)c1O. The molecule has 0 aliphatic rings. The lowest BCUT2D eigenvalue weighted by molar-refractivity contribution is 0.464. The Kier molecular flexibility index (Phi) is 3.28. The molecule has 0 amide bonds. The van der Waals surface area contributed by atoms with E-state index in [2.05, 4.69) is 0 Å². The normalized spacial score (nSPS) is 10.6. The Morgan fingerprint density at radius 1 is 0.833 bits per heavy atom. The summed E-state index contributed by atoms with van der Waals surface area (Å²) in [6, 6.07) is 9.70. The van der Waals surface area contributed by atoms with Crippen molar-refractivity contribution < 1.29 is 10.2 Å². The Morgan fingerprint density at radius 3 is 2.06 bits per heavy atom. The summed E-state index contributed by atoms with van der Waals surface area (Å²) in [4.78, 5) is 0. The third kappa shape index (κ3) is 2.33. The first-order valence-corrected chi connectivity index (χ1v) is 6.05. The van der Waals surface area contributed by atoms with Gasteiger partial charge in [-0.15, -0.1) is 0 Å². The molecule has 0 spiro atoms. The third-order valence-corrected chi connectivity index (χ3v) is 3.27. The van der Waals surface area contributed by atoms with Crippen LogP contribution in [0.3, 0.4) is 0 Å². The molecule has 0 bridgehead atoms. The van der Waals surface area contributed by atoms with E-state index in [-0.39, 0.29) is 0 Å². The summed E-state index contributed by atoms with van der Waals surface area (Å²) in [5.74, 6) is 0.716. The van der Waals surface area contributed by atoms with Crippen LogP contribution in [0.4, 0.5) is 0 Å². The van der Waals surface area contributed by atoms with Gasteiger partial charge < -0.3 is 10.2 Å². The molecule has 0 aromatic heterocycles. The van der Waals surface area contributed by atoms with Crippen LogP contribution in [0.5, 0.6) is 11.5 Å². The van der Waals surface area contributed by atoms with Gasteiger partial charge in [0.15, 0.2) is 0 Å². The van der Waals surface area contributed by atoms with E-state index < -0.39 is 0 Å². The Morgan fingerprint density at radius 2 is 1.44 bits per heavy atom. The molecule has 2 N–H and O–H groups in total. The van der Waals surface area contributed by atoms with E-state index in [0.717, 1.165) is 27.8 Å². The standard InChI is InChI=1S/C16H18O2/c1-10-5-4-6-14(16(10)18)9-13-7-11(2)15(17)12(3)8-13/h4-8,17-18H,9H2,1-3H3. The van der Waals surface area contributed by atoms with Crippen molar-refractivity contribution in [2.45, 2.75) is 27.2 Å². The Bertz CT molecular complexity index is 563. The molecule has 0 aliphatic carbocycles. The fraction of sp³-hybridized carbons (Fsp3) is 0.250. The molecule has 2 aromatic carbocycles. The van der Waals surface area contributed by atoms with E-state index in [9.17, 15) is 10.2 Å². The van der Waals surface area contributed by atoms with Crippen LogP contribution in [-0.4, -0.2) is 10.2 Å². The minimum absolute atomic E-state index is 0.354. The van der Waals surface area contributed by atoms with Crippen molar-refractivity contribution in [2.75, 3.05) is 0 Å². The van der Waals surface area contributed by atoms with Crippen LogP contribution in [-0.2, 0) is 6.42 Å². The first kappa shape index (κ1) is 12.5. The maximum Gasteiger partial charge on any atom is 0.122 e. The molecular weight excluding hydrogens is 224 g/mol. The summed E-state index contributed by atoms with van der Waals surface area (Å²) in [7, 11) is 0. The van der Waals surface area contributed by atoms with Gasteiger partial charge in [0, 0.05) is 6.42 Å². The molecule has 18 heavy (non-hydrogen) atoms. The first-order valence-electron chi connectivity index (χ1n) is 6.05. The van der Waals surface area contributed by atoms with Crippen molar-refractivity contribution in [3.05, 3.63) is 58.1 Å². The van der Waals surface area contributed by atoms with Gasteiger partial charge in [-0.1, -0.05) is 30.3 Å². The van der Waals surface area contributed by atoms with Crippen LogP contribution in [0.1, 0.15) is 27.8 Å². The van der Waals surface area contributed by atoms with E-state index in [0.29, 0.717) is 17.9 Å². The van der Waals surface area contributed by atoms with Crippen molar-refractivity contribution in [3.63, 3.8) is 0 Å². The molecule has 0 unspecified atom stereocenters. The number of para-hydroxylation sites is 1. The average Bonchev–Trinajstić information content (AvgIpc) is 2.32. The molecule has 2 nitrogen and oxygen atoms in total. The minimum Gasteiger partial charge on any atom is -0.507 e. The molecular formula is C16H18O2. The number of phenolic OH excluding ortho intramolecular Hbond substituents is 2. The Balaban J connectivity index is 2.37. The number of rotatable bonds is 2. The van der Waals surface area contributed by atoms with Gasteiger partial charge in [0.25, 0.3) is 0 Å². The molecule has 0 radical (unpaired) electrons. The molecule has 0 heterocycles. The topological polar surface area (TPSA) is 40.5 Å². The number of aromatic hydroxyl groups is 2. The van der Waals surface area contributed by atoms with Crippen LogP contribution < -0.4 is 0 Å². The van der Waals surface area contributed by atoms with Crippen LogP contribution in [0.15, 0.2) is 30.3 Å². The predicted octanol–water partition coefficient (Wildman–Crippen LogP) is 3.61. The monoisotopic (exact) mass is 242 g/mol. The average molecular weight is 242 g/mol. The van der Waals surface area contributed by atoms with Gasteiger partial charge in [-0.3, -0.25) is 0 Å². The molecule has 2 aromatic rings. The number of hydrogen-bond donors (Lipinski definition) is 2. The summed E-state index contributed by atoms with van der Waals surface area (Å²) in [5, 5.41) is 19.7.